The number of amides is 1. The molecule has 2 unspecified atom stereocenters. The third-order valence-electron chi connectivity index (χ3n) is 3.83. The van der Waals surface area contributed by atoms with Crippen LogP contribution in [0.5, 0.6) is 0 Å². The van der Waals surface area contributed by atoms with Crippen LogP contribution in [0.1, 0.15) is 43.5 Å². The monoisotopic (exact) mass is 311 g/mol. The van der Waals surface area contributed by atoms with Gasteiger partial charge in [-0.1, -0.05) is 18.0 Å². The topological polar surface area (TPSA) is 75.5 Å². The first-order valence-electron chi connectivity index (χ1n) is 6.93. The van der Waals surface area contributed by atoms with E-state index < -0.39 is 4.92 Å². The van der Waals surface area contributed by atoms with Crippen molar-refractivity contribution in [2.24, 2.45) is 0 Å². The molecule has 1 saturated heterocycles. The van der Waals surface area contributed by atoms with E-state index in [1.807, 2.05) is 5.01 Å². The number of hydrogen-bond acceptors (Lipinski definition) is 4. The summed E-state index contributed by atoms with van der Waals surface area (Å²) < 4.78 is 0. The molecule has 1 amide bonds. The molecule has 1 aliphatic heterocycles. The Morgan fingerprint density at radius 3 is 2.52 bits per heavy atom. The quantitative estimate of drug-likeness (QED) is 0.687. The van der Waals surface area contributed by atoms with Gasteiger partial charge in [-0.3, -0.25) is 20.3 Å². The maximum Gasteiger partial charge on any atom is 0.287 e. The first kappa shape index (κ1) is 15.7. The first-order chi connectivity index (χ1) is 9.90. The minimum atomic E-state index is -0.571. The second-order valence-electron chi connectivity index (χ2n) is 5.40. The van der Waals surface area contributed by atoms with Gasteiger partial charge in [-0.15, -0.1) is 0 Å². The van der Waals surface area contributed by atoms with Crippen LogP contribution in [0, 0.1) is 10.1 Å². The van der Waals surface area contributed by atoms with Crippen molar-refractivity contribution in [2.45, 2.75) is 45.2 Å². The molecule has 7 heteroatoms. The summed E-state index contributed by atoms with van der Waals surface area (Å²) in [4.78, 5) is 22.4. The smallest absolute Gasteiger partial charge is 0.284 e. The highest BCUT2D eigenvalue weighted by Gasteiger charge is 2.26. The Labute approximate surface area is 128 Å². The summed E-state index contributed by atoms with van der Waals surface area (Å²) in [5.74, 6) is -0.299. The molecule has 0 bridgehead atoms. The highest BCUT2D eigenvalue weighted by Crippen LogP contribution is 2.25. The van der Waals surface area contributed by atoms with Crippen LogP contribution in [0.25, 0.3) is 0 Å². The summed E-state index contributed by atoms with van der Waals surface area (Å²) in [5, 5.41) is 12.6. The summed E-state index contributed by atoms with van der Waals surface area (Å²) in [6, 6.07) is 4.53. The second kappa shape index (κ2) is 6.41. The van der Waals surface area contributed by atoms with Gasteiger partial charge < -0.3 is 0 Å². The Kier molecular flexibility index (Phi) is 4.80. The zero-order chi connectivity index (χ0) is 15.6. The molecule has 0 aromatic heterocycles. The van der Waals surface area contributed by atoms with Gasteiger partial charge in [0.2, 0.25) is 0 Å². The maximum absolute atomic E-state index is 12.3. The molecule has 1 N–H and O–H groups in total. The lowest BCUT2D eigenvalue weighted by Crippen LogP contribution is -2.54. The van der Waals surface area contributed by atoms with Gasteiger partial charge in [0.15, 0.2) is 0 Å². The van der Waals surface area contributed by atoms with E-state index in [0.29, 0.717) is 5.56 Å². The number of carbonyl (C=O) groups is 1. The van der Waals surface area contributed by atoms with Crippen LogP contribution < -0.4 is 5.43 Å². The van der Waals surface area contributed by atoms with Crippen LogP contribution in [-0.2, 0) is 0 Å². The molecule has 0 spiro atoms. The third kappa shape index (κ3) is 3.51. The van der Waals surface area contributed by atoms with E-state index in [2.05, 4.69) is 19.3 Å². The van der Waals surface area contributed by atoms with E-state index in [1.54, 1.807) is 0 Å². The van der Waals surface area contributed by atoms with Gasteiger partial charge in [-0.25, -0.2) is 5.01 Å². The molecule has 0 saturated carbocycles. The molecule has 114 valence electrons. The molecule has 1 fully saturated rings. The fourth-order valence-electron chi connectivity index (χ4n) is 2.62. The zero-order valence-corrected chi connectivity index (χ0v) is 12.8. The molecule has 21 heavy (non-hydrogen) atoms. The number of piperidine rings is 1. The molecule has 1 heterocycles. The molecule has 2 rings (SSSR count). The number of nitro benzene ring substituents is 1. The van der Waals surface area contributed by atoms with Crippen molar-refractivity contribution < 1.29 is 9.72 Å². The van der Waals surface area contributed by atoms with Crippen molar-refractivity contribution in [1.29, 1.82) is 0 Å². The van der Waals surface area contributed by atoms with E-state index in [9.17, 15) is 14.9 Å². The SMILES string of the molecule is CC1CCCC(C)N1NC(=O)c1ccc([N+](=O)[O-])c(Cl)c1. The number of hydrazine groups is 1. The van der Waals surface area contributed by atoms with Gasteiger partial charge in [0.1, 0.15) is 5.02 Å². The molecule has 6 nitrogen and oxygen atoms in total. The van der Waals surface area contributed by atoms with Crippen molar-refractivity contribution >= 4 is 23.2 Å². The van der Waals surface area contributed by atoms with Crippen molar-refractivity contribution in [2.75, 3.05) is 0 Å². The van der Waals surface area contributed by atoms with E-state index >= 15 is 0 Å². The number of benzene rings is 1. The number of halogens is 1. The largest absolute Gasteiger partial charge is 0.287 e. The number of hydrogen-bond donors (Lipinski definition) is 1. The minimum Gasteiger partial charge on any atom is -0.284 e. The van der Waals surface area contributed by atoms with Crippen molar-refractivity contribution in [3.05, 3.63) is 38.9 Å². The lowest BCUT2D eigenvalue weighted by Gasteiger charge is -2.38. The molecule has 2 atom stereocenters. The summed E-state index contributed by atoms with van der Waals surface area (Å²) in [6.07, 6.45) is 3.22. The minimum absolute atomic E-state index is 0.0348. The Morgan fingerprint density at radius 1 is 1.38 bits per heavy atom. The van der Waals surface area contributed by atoms with Gasteiger partial charge in [0.25, 0.3) is 11.6 Å². The van der Waals surface area contributed by atoms with Crippen LogP contribution in [-0.4, -0.2) is 27.9 Å². The van der Waals surface area contributed by atoms with E-state index in [0.717, 1.165) is 19.3 Å². The van der Waals surface area contributed by atoms with E-state index in [-0.39, 0.29) is 28.7 Å². The van der Waals surface area contributed by atoms with Gasteiger partial charge in [0, 0.05) is 23.7 Å². The van der Waals surface area contributed by atoms with Gasteiger partial charge in [0.05, 0.1) is 4.92 Å². The van der Waals surface area contributed by atoms with Gasteiger partial charge in [-0.05, 0) is 38.8 Å². The fourth-order valence-corrected chi connectivity index (χ4v) is 2.87. The first-order valence-corrected chi connectivity index (χ1v) is 7.31. The van der Waals surface area contributed by atoms with Crippen molar-refractivity contribution in [1.82, 2.24) is 10.4 Å². The third-order valence-corrected chi connectivity index (χ3v) is 4.13. The lowest BCUT2D eigenvalue weighted by atomic mass is 10.00. The molecule has 1 aromatic carbocycles. The maximum atomic E-state index is 12.3. The van der Waals surface area contributed by atoms with Crippen LogP contribution in [0.3, 0.4) is 0 Å². The Bertz CT molecular complexity index is 554. The summed E-state index contributed by atoms with van der Waals surface area (Å²) in [7, 11) is 0. The summed E-state index contributed by atoms with van der Waals surface area (Å²) in [6.45, 7) is 4.14. The summed E-state index contributed by atoms with van der Waals surface area (Å²) in [5.41, 5.74) is 2.99. The number of carbonyl (C=O) groups excluding carboxylic acids is 1. The van der Waals surface area contributed by atoms with E-state index in [1.165, 1.54) is 18.2 Å². The number of rotatable bonds is 3. The standard InChI is InChI=1S/C14H18ClN3O3/c1-9-4-3-5-10(2)17(9)16-14(19)11-6-7-13(18(20)21)12(15)8-11/h6-10H,3-5H2,1-2H3,(H,16,19). The summed E-state index contributed by atoms with van der Waals surface area (Å²) >= 11 is 5.83. The number of nitrogens with zero attached hydrogens (tertiary/aromatic N) is 2. The Hall–Kier alpha value is -1.66. The highest BCUT2D eigenvalue weighted by molar-refractivity contribution is 6.33. The normalized spacial score (nSPS) is 22.8. The van der Waals surface area contributed by atoms with Crippen molar-refractivity contribution in [3.63, 3.8) is 0 Å². The molecule has 1 aromatic rings. The molecule has 1 aliphatic rings. The number of nitro groups is 1. The lowest BCUT2D eigenvalue weighted by molar-refractivity contribution is -0.384. The highest BCUT2D eigenvalue weighted by atomic mass is 35.5. The molecular weight excluding hydrogens is 294 g/mol. The van der Waals surface area contributed by atoms with Crippen molar-refractivity contribution in [3.8, 4) is 0 Å². The molecular formula is C14H18ClN3O3. The second-order valence-corrected chi connectivity index (χ2v) is 5.81. The Morgan fingerprint density at radius 2 is 2.00 bits per heavy atom. The zero-order valence-electron chi connectivity index (χ0n) is 12.0. The average molecular weight is 312 g/mol. The van der Waals surface area contributed by atoms with Crippen LogP contribution in [0.15, 0.2) is 18.2 Å². The number of nitrogens with one attached hydrogen (secondary N) is 1. The van der Waals surface area contributed by atoms with Crippen LogP contribution >= 0.6 is 11.6 Å². The van der Waals surface area contributed by atoms with Crippen LogP contribution in [0.4, 0.5) is 5.69 Å². The Balaban J connectivity index is 2.13. The van der Waals surface area contributed by atoms with E-state index in [4.69, 9.17) is 11.6 Å². The predicted molar refractivity (Wildman–Crippen MR) is 80.2 cm³/mol. The fraction of sp³-hybridized carbons (Fsp3) is 0.500. The molecule has 0 aliphatic carbocycles. The van der Waals surface area contributed by atoms with Gasteiger partial charge in [-0.2, -0.15) is 0 Å². The average Bonchev–Trinajstić information content (AvgIpc) is 2.42. The molecule has 0 radical (unpaired) electrons. The van der Waals surface area contributed by atoms with Gasteiger partial charge >= 0.3 is 0 Å². The predicted octanol–water partition coefficient (Wildman–Crippen LogP) is 3.16. The van der Waals surface area contributed by atoms with Crippen LogP contribution in [0.2, 0.25) is 5.02 Å².